The van der Waals surface area contributed by atoms with Crippen LogP contribution in [0.2, 0.25) is 6.04 Å². The molecule has 10 heavy (non-hydrogen) atoms. The van der Waals surface area contributed by atoms with Crippen molar-refractivity contribution in [2.24, 2.45) is 0 Å². The number of nitrogens with zero attached hydrogens (tertiary/aromatic N) is 1. The molecule has 0 aromatic heterocycles. The van der Waals surface area contributed by atoms with E-state index in [9.17, 15) is 0 Å². The molecule has 0 saturated carbocycles. The fraction of sp³-hybridized carbons (Fsp3) is 1.00. The fourth-order valence-corrected chi connectivity index (χ4v) is 2.64. The smallest absolute Gasteiger partial charge is 0.306 e. The molecular formula is C6H15Cl2NSi. The Balaban J connectivity index is 3.63. The molecule has 4 heteroatoms. The van der Waals surface area contributed by atoms with Crippen LogP contribution in [-0.4, -0.2) is 25.5 Å². The second-order valence-electron chi connectivity index (χ2n) is 2.66. The van der Waals surface area contributed by atoms with Gasteiger partial charge in [0.05, 0.1) is 0 Å². The third-order valence-electron chi connectivity index (χ3n) is 1.49. The monoisotopic (exact) mass is 199 g/mol. The number of rotatable bonds is 4. The van der Waals surface area contributed by atoms with Gasteiger partial charge in [0.15, 0.2) is 0 Å². The van der Waals surface area contributed by atoms with E-state index in [0.29, 0.717) is 0 Å². The van der Waals surface area contributed by atoms with Crippen molar-refractivity contribution >= 4 is 29.0 Å². The van der Waals surface area contributed by atoms with Crippen LogP contribution in [0.1, 0.15) is 19.8 Å². The molecule has 0 heterocycles. The van der Waals surface area contributed by atoms with Crippen molar-refractivity contribution in [3.8, 4) is 0 Å². The highest BCUT2D eigenvalue weighted by Crippen LogP contribution is 2.24. The van der Waals surface area contributed by atoms with Gasteiger partial charge >= 0.3 is 6.86 Å². The van der Waals surface area contributed by atoms with Crippen LogP contribution in [0.4, 0.5) is 0 Å². The molecule has 0 fully saturated rings. The predicted molar refractivity (Wildman–Crippen MR) is 50.9 cm³/mol. The lowest BCUT2D eigenvalue weighted by Crippen LogP contribution is -2.38. The van der Waals surface area contributed by atoms with Crippen LogP contribution in [-0.2, 0) is 0 Å². The van der Waals surface area contributed by atoms with Crippen LogP contribution in [0, 0.1) is 0 Å². The van der Waals surface area contributed by atoms with Crippen molar-refractivity contribution in [3.05, 3.63) is 0 Å². The maximum Gasteiger partial charge on any atom is 0.324 e. The van der Waals surface area contributed by atoms with E-state index in [1.165, 1.54) is 6.42 Å². The van der Waals surface area contributed by atoms with Crippen molar-refractivity contribution in [1.82, 2.24) is 4.57 Å². The number of halogens is 2. The van der Waals surface area contributed by atoms with Crippen LogP contribution >= 0.6 is 22.2 Å². The standard InChI is InChI=1S/C6H15Cl2NSi/c1-4-5-6-10(7,8)9(2)3/h4-6H2,1-3H3. The Kier molecular flexibility index (Phi) is 4.95. The minimum absolute atomic E-state index is 0.972. The van der Waals surface area contributed by atoms with E-state index in [1.54, 1.807) is 0 Å². The SMILES string of the molecule is CCCC[Si](Cl)(Cl)N(C)C. The zero-order valence-electron chi connectivity index (χ0n) is 6.82. The summed E-state index contributed by atoms with van der Waals surface area (Å²) in [6.07, 6.45) is 2.30. The molecule has 0 aromatic rings. The lowest BCUT2D eigenvalue weighted by molar-refractivity contribution is 0.637. The normalized spacial score (nSPS) is 12.6. The van der Waals surface area contributed by atoms with Crippen LogP contribution in [0.15, 0.2) is 0 Å². The fourth-order valence-electron chi connectivity index (χ4n) is 0.613. The molecule has 0 aliphatic carbocycles. The molecule has 0 spiro atoms. The zero-order valence-corrected chi connectivity index (χ0v) is 9.34. The molecule has 0 rings (SSSR count). The minimum atomic E-state index is -2.02. The third-order valence-corrected chi connectivity index (χ3v) is 6.91. The van der Waals surface area contributed by atoms with Crippen molar-refractivity contribution in [1.29, 1.82) is 0 Å². The van der Waals surface area contributed by atoms with Gasteiger partial charge in [-0.25, -0.2) is 0 Å². The Morgan fingerprint density at radius 2 is 1.80 bits per heavy atom. The molecule has 0 aliphatic rings. The molecule has 0 radical (unpaired) electrons. The Labute approximate surface area is 73.8 Å². The van der Waals surface area contributed by atoms with Gasteiger partial charge in [0.25, 0.3) is 0 Å². The van der Waals surface area contributed by atoms with Gasteiger partial charge in [-0.3, -0.25) is 0 Å². The zero-order chi connectivity index (χ0) is 8.20. The van der Waals surface area contributed by atoms with Crippen LogP contribution < -0.4 is 0 Å². The molecule has 0 aliphatic heterocycles. The van der Waals surface area contributed by atoms with E-state index < -0.39 is 6.86 Å². The lowest BCUT2D eigenvalue weighted by atomic mass is 10.4. The number of hydrogen-bond acceptors (Lipinski definition) is 1. The molecular weight excluding hydrogens is 185 g/mol. The topological polar surface area (TPSA) is 3.24 Å². The quantitative estimate of drug-likeness (QED) is 0.498. The molecule has 62 valence electrons. The van der Waals surface area contributed by atoms with Crippen LogP contribution in [0.5, 0.6) is 0 Å². The number of unbranched alkanes of at least 4 members (excludes halogenated alkanes) is 1. The maximum absolute atomic E-state index is 6.08. The van der Waals surface area contributed by atoms with Gasteiger partial charge in [0.2, 0.25) is 0 Å². The summed E-state index contributed by atoms with van der Waals surface area (Å²) in [5.74, 6) is 0. The van der Waals surface area contributed by atoms with E-state index >= 15 is 0 Å². The van der Waals surface area contributed by atoms with Crippen molar-refractivity contribution < 1.29 is 0 Å². The van der Waals surface area contributed by atoms with Crippen LogP contribution in [0.3, 0.4) is 0 Å². The van der Waals surface area contributed by atoms with Crippen molar-refractivity contribution in [3.63, 3.8) is 0 Å². The van der Waals surface area contributed by atoms with Gasteiger partial charge in [0.1, 0.15) is 0 Å². The molecule has 0 amide bonds. The highest BCUT2D eigenvalue weighted by molar-refractivity contribution is 7.44. The Bertz CT molecular complexity index is 95.7. The summed E-state index contributed by atoms with van der Waals surface area (Å²) in [5, 5.41) is 0. The predicted octanol–water partition coefficient (Wildman–Crippen LogP) is 2.76. The summed E-state index contributed by atoms with van der Waals surface area (Å²) >= 11 is 12.2. The highest BCUT2D eigenvalue weighted by atomic mass is 35.7. The average Bonchev–Trinajstić information content (AvgIpc) is 1.84. The summed E-state index contributed by atoms with van der Waals surface area (Å²) in [7, 11) is 3.89. The number of hydrogen-bond donors (Lipinski definition) is 0. The summed E-state index contributed by atoms with van der Waals surface area (Å²) < 4.78 is 1.96. The average molecular weight is 200 g/mol. The second kappa shape index (κ2) is 4.60. The first-order valence-electron chi connectivity index (χ1n) is 3.56. The summed E-state index contributed by atoms with van der Waals surface area (Å²) in [6, 6.07) is 0.972. The summed E-state index contributed by atoms with van der Waals surface area (Å²) in [5.41, 5.74) is 0. The summed E-state index contributed by atoms with van der Waals surface area (Å²) in [6.45, 7) is 0.123. The van der Waals surface area contributed by atoms with Gasteiger partial charge in [-0.05, 0) is 20.1 Å². The molecule has 0 atom stereocenters. The molecule has 1 nitrogen and oxygen atoms in total. The van der Waals surface area contributed by atoms with E-state index in [4.69, 9.17) is 22.2 Å². The van der Waals surface area contributed by atoms with Gasteiger partial charge in [-0.2, -0.15) is 0 Å². The van der Waals surface area contributed by atoms with Gasteiger partial charge in [-0.15, -0.1) is 22.2 Å². The van der Waals surface area contributed by atoms with Gasteiger partial charge in [0, 0.05) is 0 Å². The lowest BCUT2D eigenvalue weighted by Gasteiger charge is -2.23. The molecule has 0 N–H and O–H groups in total. The molecule has 0 saturated heterocycles. The van der Waals surface area contributed by atoms with Crippen LogP contribution in [0.25, 0.3) is 0 Å². The van der Waals surface area contributed by atoms with Gasteiger partial charge in [-0.1, -0.05) is 19.8 Å². The largest absolute Gasteiger partial charge is 0.324 e. The second-order valence-corrected chi connectivity index (χ2v) is 9.72. The maximum atomic E-state index is 6.08. The molecule has 0 unspecified atom stereocenters. The third kappa shape index (κ3) is 3.81. The Morgan fingerprint density at radius 3 is 2.10 bits per heavy atom. The van der Waals surface area contributed by atoms with Crippen molar-refractivity contribution in [2.45, 2.75) is 25.8 Å². The molecule has 0 bridgehead atoms. The van der Waals surface area contributed by atoms with E-state index in [2.05, 4.69) is 6.92 Å². The first-order valence-corrected chi connectivity index (χ1v) is 7.73. The van der Waals surface area contributed by atoms with E-state index in [1.807, 2.05) is 18.7 Å². The summed E-state index contributed by atoms with van der Waals surface area (Å²) in [4.78, 5) is 0. The Hall–Kier alpha value is 0.757. The first kappa shape index (κ1) is 10.8. The van der Waals surface area contributed by atoms with E-state index in [0.717, 1.165) is 12.5 Å². The minimum Gasteiger partial charge on any atom is -0.306 e. The molecule has 0 aromatic carbocycles. The van der Waals surface area contributed by atoms with Crippen molar-refractivity contribution in [2.75, 3.05) is 14.1 Å². The first-order chi connectivity index (χ1) is 4.50. The van der Waals surface area contributed by atoms with E-state index in [-0.39, 0.29) is 0 Å². The highest BCUT2D eigenvalue weighted by Gasteiger charge is 2.30. The Morgan fingerprint density at radius 1 is 1.30 bits per heavy atom. The van der Waals surface area contributed by atoms with Gasteiger partial charge < -0.3 is 4.57 Å².